The van der Waals surface area contributed by atoms with Crippen LogP contribution in [0.3, 0.4) is 0 Å². The summed E-state index contributed by atoms with van der Waals surface area (Å²) in [6.07, 6.45) is 3.62. The molecular formula is C14H15N5O2S. The van der Waals surface area contributed by atoms with Crippen LogP contribution in [0.15, 0.2) is 24.5 Å². The van der Waals surface area contributed by atoms with Gasteiger partial charge in [-0.3, -0.25) is 0 Å². The van der Waals surface area contributed by atoms with E-state index < -0.39 is 0 Å². The SMILES string of the molecule is COc1ncccc1-c1cn2nc(N3CCOCC3)sc2n1. The molecule has 1 saturated heterocycles. The third-order valence-corrected chi connectivity index (χ3v) is 4.54. The van der Waals surface area contributed by atoms with Gasteiger partial charge in [-0.05, 0) is 12.1 Å². The molecule has 3 aromatic rings. The predicted molar refractivity (Wildman–Crippen MR) is 83.7 cm³/mol. The summed E-state index contributed by atoms with van der Waals surface area (Å²) in [6.45, 7) is 3.25. The molecule has 0 N–H and O–H groups in total. The van der Waals surface area contributed by atoms with Crippen LogP contribution >= 0.6 is 11.3 Å². The Morgan fingerprint density at radius 1 is 1.32 bits per heavy atom. The van der Waals surface area contributed by atoms with Gasteiger partial charge in [-0.25, -0.2) is 14.5 Å². The van der Waals surface area contributed by atoms with Crippen molar-refractivity contribution >= 4 is 21.4 Å². The monoisotopic (exact) mass is 317 g/mol. The highest BCUT2D eigenvalue weighted by Crippen LogP contribution is 2.30. The van der Waals surface area contributed by atoms with E-state index in [1.807, 2.05) is 22.8 Å². The van der Waals surface area contributed by atoms with Gasteiger partial charge in [0.25, 0.3) is 0 Å². The Hall–Kier alpha value is -2.19. The number of imidazole rings is 1. The number of hydrogen-bond donors (Lipinski definition) is 0. The number of ether oxygens (including phenoxy) is 2. The first-order valence-electron chi connectivity index (χ1n) is 7.03. The number of anilines is 1. The van der Waals surface area contributed by atoms with Crippen LogP contribution < -0.4 is 9.64 Å². The molecule has 7 nitrogen and oxygen atoms in total. The average molecular weight is 317 g/mol. The topological polar surface area (TPSA) is 64.8 Å². The van der Waals surface area contributed by atoms with Gasteiger partial charge in [-0.1, -0.05) is 11.3 Å². The van der Waals surface area contributed by atoms with Crippen molar-refractivity contribution in [1.29, 1.82) is 0 Å². The molecule has 114 valence electrons. The second kappa shape index (κ2) is 5.54. The Balaban J connectivity index is 1.68. The van der Waals surface area contributed by atoms with Crippen molar-refractivity contribution in [3.8, 4) is 17.1 Å². The van der Waals surface area contributed by atoms with Crippen LogP contribution in [0.25, 0.3) is 16.2 Å². The van der Waals surface area contributed by atoms with E-state index in [0.717, 1.165) is 47.7 Å². The number of pyridine rings is 1. The maximum absolute atomic E-state index is 5.37. The molecule has 1 aliphatic heterocycles. The second-order valence-electron chi connectivity index (χ2n) is 4.90. The third kappa shape index (κ3) is 2.30. The van der Waals surface area contributed by atoms with Gasteiger partial charge in [0.15, 0.2) is 0 Å². The summed E-state index contributed by atoms with van der Waals surface area (Å²) in [4.78, 5) is 11.9. The fourth-order valence-electron chi connectivity index (χ4n) is 2.45. The van der Waals surface area contributed by atoms with E-state index in [9.17, 15) is 0 Å². The lowest BCUT2D eigenvalue weighted by molar-refractivity contribution is 0.122. The summed E-state index contributed by atoms with van der Waals surface area (Å²) in [7, 11) is 1.61. The molecule has 3 aromatic heterocycles. The first-order valence-corrected chi connectivity index (χ1v) is 7.85. The van der Waals surface area contributed by atoms with Crippen molar-refractivity contribution in [2.24, 2.45) is 0 Å². The van der Waals surface area contributed by atoms with Crippen LogP contribution in [-0.2, 0) is 4.74 Å². The zero-order chi connectivity index (χ0) is 14.9. The molecule has 0 amide bonds. The van der Waals surface area contributed by atoms with Crippen molar-refractivity contribution in [2.75, 3.05) is 38.3 Å². The van der Waals surface area contributed by atoms with Crippen LogP contribution in [0, 0.1) is 0 Å². The average Bonchev–Trinajstić information content (AvgIpc) is 3.14. The predicted octanol–water partition coefficient (Wildman–Crippen LogP) is 1.70. The molecule has 0 spiro atoms. The van der Waals surface area contributed by atoms with Gasteiger partial charge in [-0.2, -0.15) is 0 Å². The Labute approximate surface area is 131 Å². The molecule has 4 heterocycles. The summed E-state index contributed by atoms with van der Waals surface area (Å²) < 4.78 is 12.5. The van der Waals surface area contributed by atoms with Gasteiger partial charge in [-0.15, -0.1) is 5.10 Å². The quantitative estimate of drug-likeness (QED) is 0.732. The standard InChI is InChI=1S/C14H15N5O2S/c1-20-12-10(3-2-4-15-12)11-9-19-13(16-11)22-14(17-19)18-5-7-21-8-6-18/h2-4,9H,5-8H2,1H3. The van der Waals surface area contributed by atoms with Gasteiger partial charge >= 0.3 is 0 Å². The van der Waals surface area contributed by atoms with Gasteiger partial charge in [0, 0.05) is 19.3 Å². The van der Waals surface area contributed by atoms with Crippen molar-refractivity contribution in [3.05, 3.63) is 24.5 Å². The number of morpholine rings is 1. The highest BCUT2D eigenvalue weighted by atomic mass is 32.1. The molecule has 1 aliphatic rings. The molecule has 1 fully saturated rings. The first kappa shape index (κ1) is 13.5. The molecule has 22 heavy (non-hydrogen) atoms. The van der Waals surface area contributed by atoms with Crippen LogP contribution in [0.5, 0.6) is 5.88 Å². The normalized spacial score (nSPS) is 15.4. The number of fused-ring (bicyclic) bond motifs is 1. The van der Waals surface area contributed by atoms with Crippen LogP contribution in [0.4, 0.5) is 5.13 Å². The zero-order valence-corrected chi connectivity index (χ0v) is 12.9. The fraction of sp³-hybridized carbons (Fsp3) is 0.357. The molecule has 0 aromatic carbocycles. The van der Waals surface area contributed by atoms with Gasteiger partial charge in [0.05, 0.1) is 37.8 Å². The van der Waals surface area contributed by atoms with E-state index in [1.165, 1.54) is 0 Å². The maximum atomic E-state index is 5.37. The maximum Gasteiger partial charge on any atom is 0.222 e. The van der Waals surface area contributed by atoms with Gasteiger partial charge < -0.3 is 14.4 Å². The fourth-order valence-corrected chi connectivity index (χ4v) is 3.39. The largest absolute Gasteiger partial charge is 0.481 e. The van der Waals surface area contributed by atoms with Gasteiger partial charge in [0.1, 0.15) is 0 Å². The summed E-state index contributed by atoms with van der Waals surface area (Å²) in [5.74, 6) is 0.571. The molecule has 0 radical (unpaired) electrons. The number of aromatic nitrogens is 4. The highest BCUT2D eigenvalue weighted by molar-refractivity contribution is 7.20. The van der Waals surface area contributed by atoms with Crippen LogP contribution in [-0.4, -0.2) is 53.0 Å². The first-order chi connectivity index (χ1) is 10.8. The number of rotatable bonds is 3. The summed E-state index contributed by atoms with van der Waals surface area (Å²) >= 11 is 1.58. The minimum atomic E-state index is 0.571. The zero-order valence-electron chi connectivity index (χ0n) is 12.1. The molecule has 4 rings (SSSR count). The van der Waals surface area contributed by atoms with Crippen LogP contribution in [0.2, 0.25) is 0 Å². The number of methoxy groups -OCH3 is 1. The lowest BCUT2D eigenvalue weighted by Crippen LogP contribution is -2.36. The van der Waals surface area contributed by atoms with E-state index in [0.29, 0.717) is 5.88 Å². The lowest BCUT2D eigenvalue weighted by atomic mass is 10.2. The Morgan fingerprint density at radius 2 is 2.18 bits per heavy atom. The summed E-state index contributed by atoms with van der Waals surface area (Å²) in [6, 6.07) is 3.82. The molecule has 8 heteroatoms. The van der Waals surface area contributed by atoms with E-state index in [1.54, 1.807) is 24.6 Å². The Bertz CT molecular complexity index is 762. The number of hydrogen-bond acceptors (Lipinski definition) is 7. The molecule has 0 atom stereocenters. The van der Waals surface area contributed by atoms with Gasteiger partial charge in [0.2, 0.25) is 16.0 Å². The van der Waals surface area contributed by atoms with Crippen molar-refractivity contribution in [2.45, 2.75) is 0 Å². The van der Waals surface area contributed by atoms with Crippen molar-refractivity contribution < 1.29 is 9.47 Å². The lowest BCUT2D eigenvalue weighted by Gasteiger charge is -2.25. The molecular weight excluding hydrogens is 302 g/mol. The summed E-state index contributed by atoms with van der Waals surface area (Å²) in [5.41, 5.74) is 1.69. The third-order valence-electron chi connectivity index (χ3n) is 3.55. The highest BCUT2D eigenvalue weighted by Gasteiger charge is 2.18. The van der Waals surface area contributed by atoms with Crippen molar-refractivity contribution in [1.82, 2.24) is 19.6 Å². The summed E-state index contributed by atoms with van der Waals surface area (Å²) in [5, 5.41) is 5.60. The van der Waals surface area contributed by atoms with E-state index in [4.69, 9.17) is 9.47 Å². The smallest absolute Gasteiger partial charge is 0.222 e. The Kier molecular flexibility index (Phi) is 3.39. The van der Waals surface area contributed by atoms with E-state index in [-0.39, 0.29) is 0 Å². The molecule has 0 unspecified atom stereocenters. The minimum absolute atomic E-state index is 0.571. The molecule has 0 saturated carbocycles. The number of nitrogens with zero attached hydrogens (tertiary/aromatic N) is 5. The Morgan fingerprint density at radius 3 is 2.95 bits per heavy atom. The van der Waals surface area contributed by atoms with Crippen LogP contribution in [0.1, 0.15) is 0 Å². The minimum Gasteiger partial charge on any atom is -0.481 e. The molecule has 0 bridgehead atoms. The van der Waals surface area contributed by atoms with Crippen molar-refractivity contribution in [3.63, 3.8) is 0 Å². The van der Waals surface area contributed by atoms with E-state index >= 15 is 0 Å². The molecule has 0 aliphatic carbocycles. The van der Waals surface area contributed by atoms with E-state index in [2.05, 4.69) is 20.0 Å². The second-order valence-corrected chi connectivity index (χ2v) is 5.83.